The highest BCUT2D eigenvalue weighted by molar-refractivity contribution is 5.50. The van der Waals surface area contributed by atoms with Crippen molar-refractivity contribution in [3.63, 3.8) is 0 Å². The highest BCUT2D eigenvalue weighted by Gasteiger charge is 1.87. The molecule has 0 aliphatic carbocycles. The SMILES string of the molecule is Cc1ccccc1C.Nc1ccccc1O. The van der Waals surface area contributed by atoms with E-state index in [9.17, 15) is 0 Å². The molecule has 3 N–H and O–H groups in total. The Morgan fingerprint density at radius 3 is 1.56 bits per heavy atom. The third-order valence-corrected chi connectivity index (χ3v) is 2.36. The smallest absolute Gasteiger partial charge is 0.138 e. The second kappa shape index (κ2) is 5.81. The minimum absolute atomic E-state index is 0.146. The first-order chi connectivity index (χ1) is 7.61. The molecule has 2 aromatic carbocycles. The predicted octanol–water partition coefficient (Wildman–Crippen LogP) is 3.28. The molecule has 2 rings (SSSR count). The largest absolute Gasteiger partial charge is 0.506 e. The molecule has 0 aliphatic rings. The number of hydrogen-bond donors (Lipinski definition) is 2. The summed E-state index contributed by atoms with van der Waals surface area (Å²) < 4.78 is 0. The summed E-state index contributed by atoms with van der Waals surface area (Å²) in [5.41, 5.74) is 8.43. The lowest BCUT2D eigenvalue weighted by molar-refractivity contribution is 0.478. The van der Waals surface area contributed by atoms with Gasteiger partial charge in [-0.1, -0.05) is 36.4 Å². The quantitative estimate of drug-likeness (QED) is 0.523. The molecule has 0 amide bonds. The molecular formula is C14H17NO. The van der Waals surface area contributed by atoms with Crippen LogP contribution in [0.1, 0.15) is 11.1 Å². The van der Waals surface area contributed by atoms with Crippen LogP contribution in [0.2, 0.25) is 0 Å². The van der Waals surface area contributed by atoms with E-state index < -0.39 is 0 Å². The van der Waals surface area contributed by atoms with Gasteiger partial charge < -0.3 is 10.8 Å². The fourth-order valence-electron chi connectivity index (χ4n) is 1.15. The van der Waals surface area contributed by atoms with Gasteiger partial charge in [0.2, 0.25) is 0 Å². The number of hydrogen-bond acceptors (Lipinski definition) is 2. The number of rotatable bonds is 0. The number of para-hydroxylation sites is 2. The summed E-state index contributed by atoms with van der Waals surface area (Å²) in [6, 6.07) is 15.1. The van der Waals surface area contributed by atoms with Crippen LogP contribution in [0.4, 0.5) is 5.69 Å². The van der Waals surface area contributed by atoms with E-state index in [1.807, 2.05) is 0 Å². The average Bonchev–Trinajstić information content (AvgIpc) is 2.28. The Labute approximate surface area is 96.4 Å². The van der Waals surface area contributed by atoms with Crippen molar-refractivity contribution in [1.29, 1.82) is 0 Å². The number of phenolic OH excluding ortho intramolecular Hbond substituents is 1. The van der Waals surface area contributed by atoms with Gasteiger partial charge in [-0.15, -0.1) is 0 Å². The zero-order valence-corrected chi connectivity index (χ0v) is 9.64. The summed E-state index contributed by atoms with van der Waals surface area (Å²) in [5, 5.41) is 8.79. The number of nitrogens with two attached hydrogens (primary N) is 1. The Bertz CT molecular complexity index is 366. The Kier molecular flexibility index (Phi) is 4.40. The van der Waals surface area contributed by atoms with Crippen LogP contribution >= 0.6 is 0 Å². The van der Waals surface area contributed by atoms with Gasteiger partial charge in [-0.25, -0.2) is 0 Å². The number of aryl methyl sites for hydroxylation is 2. The maximum atomic E-state index is 8.79. The molecule has 2 heteroatoms. The van der Waals surface area contributed by atoms with Crippen molar-refractivity contribution >= 4 is 5.69 Å². The highest BCUT2D eigenvalue weighted by Crippen LogP contribution is 2.16. The fraction of sp³-hybridized carbons (Fsp3) is 0.143. The summed E-state index contributed by atoms with van der Waals surface area (Å²) >= 11 is 0. The molecule has 0 saturated carbocycles. The van der Waals surface area contributed by atoms with Crippen molar-refractivity contribution in [1.82, 2.24) is 0 Å². The second-order valence-corrected chi connectivity index (χ2v) is 3.64. The summed E-state index contributed by atoms with van der Waals surface area (Å²) in [7, 11) is 0. The van der Waals surface area contributed by atoms with Crippen molar-refractivity contribution in [3.8, 4) is 5.75 Å². The Morgan fingerprint density at radius 2 is 1.25 bits per heavy atom. The molecule has 0 aliphatic heterocycles. The van der Waals surface area contributed by atoms with Crippen molar-refractivity contribution in [2.24, 2.45) is 0 Å². The molecule has 0 saturated heterocycles. The van der Waals surface area contributed by atoms with Crippen molar-refractivity contribution in [2.75, 3.05) is 5.73 Å². The van der Waals surface area contributed by atoms with E-state index in [0.717, 1.165) is 0 Å². The van der Waals surface area contributed by atoms with Crippen molar-refractivity contribution < 1.29 is 5.11 Å². The van der Waals surface area contributed by atoms with Gasteiger partial charge in [0.25, 0.3) is 0 Å². The number of nitrogen functional groups attached to an aromatic ring is 1. The van der Waals surface area contributed by atoms with Crippen LogP contribution < -0.4 is 5.73 Å². The maximum absolute atomic E-state index is 8.79. The van der Waals surface area contributed by atoms with E-state index in [2.05, 4.69) is 38.1 Å². The molecular weight excluding hydrogens is 198 g/mol. The summed E-state index contributed by atoms with van der Waals surface area (Å²) in [4.78, 5) is 0. The molecule has 2 aromatic rings. The summed E-state index contributed by atoms with van der Waals surface area (Å²) in [6.45, 7) is 4.24. The van der Waals surface area contributed by atoms with Gasteiger partial charge in [0.15, 0.2) is 0 Å². The van der Waals surface area contributed by atoms with Gasteiger partial charge in [-0.2, -0.15) is 0 Å². The van der Waals surface area contributed by atoms with Crippen molar-refractivity contribution in [2.45, 2.75) is 13.8 Å². The number of phenols is 1. The Hall–Kier alpha value is -1.96. The van der Waals surface area contributed by atoms with Gasteiger partial charge in [0, 0.05) is 0 Å². The van der Waals surface area contributed by atoms with Crippen LogP contribution in [0.5, 0.6) is 5.75 Å². The van der Waals surface area contributed by atoms with Gasteiger partial charge in [0.1, 0.15) is 5.75 Å². The Morgan fingerprint density at radius 1 is 0.812 bits per heavy atom. The van der Waals surface area contributed by atoms with Crippen LogP contribution in [-0.2, 0) is 0 Å². The van der Waals surface area contributed by atoms with Crippen LogP contribution in [0.15, 0.2) is 48.5 Å². The molecule has 0 unspecified atom stereocenters. The van der Waals surface area contributed by atoms with Crippen LogP contribution in [-0.4, -0.2) is 5.11 Å². The molecule has 0 spiro atoms. The van der Waals surface area contributed by atoms with Crippen LogP contribution in [0.25, 0.3) is 0 Å². The van der Waals surface area contributed by atoms with Gasteiger partial charge in [-0.05, 0) is 37.1 Å². The van der Waals surface area contributed by atoms with Crippen molar-refractivity contribution in [3.05, 3.63) is 59.7 Å². The van der Waals surface area contributed by atoms with E-state index >= 15 is 0 Å². The maximum Gasteiger partial charge on any atom is 0.138 e. The lowest BCUT2D eigenvalue weighted by atomic mass is 10.1. The molecule has 0 atom stereocenters. The molecule has 2 nitrogen and oxygen atoms in total. The zero-order chi connectivity index (χ0) is 12.0. The fourth-order valence-corrected chi connectivity index (χ4v) is 1.15. The third kappa shape index (κ3) is 3.65. The Balaban J connectivity index is 0.000000160. The zero-order valence-electron chi connectivity index (χ0n) is 9.64. The summed E-state index contributed by atoms with van der Waals surface area (Å²) in [5.74, 6) is 0.146. The molecule has 0 fully saturated rings. The minimum Gasteiger partial charge on any atom is -0.506 e. The molecule has 0 bridgehead atoms. The van der Waals surface area contributed by atoms with E-state index in [4.69, 9.17) is 10.8 Å². The lowest BCUT2D eigenvalue weighted by Crippen LogP contribution is -1.82. The monoisotopic (exact) mass is 215 g/mol. The minimum atomic E-state index is 0.146. The first kappa shape index (κ1) is 12.1. The van der Waals surface area contributed by atoms with Gasteiger partial charge in [-0.3, -0.25) is 0 Å². The van der Waals surface area contributed by atoms with Crippen LogP contribution in [0.3, 0.4) is 0 Å². The number of anilines is 1. The molecule has 16 heavy (non-hydrogen) atoms. The topological polar surface area (TPSA) is 46.2 Å². The van der Waals surface area contributed by atoms with E-state index in [0.29, 0.717) is 5.69 Å². The predicted molar refractivity (Wildman–Crippen MR) is 68.4 cm³/mol. The van der Waals surface area contributed by atoms with Crippen LogP contribution in [0, 0.1) is 13.8 Å². The highest BCUT2D eigenvalue weighted by atomic mass is 16.3. The van der Waals surface area contributed by atoms with Gasteiger partial charge >= 0.3 is 0 Å². The molecule has 0 radical (unpaired) electrons. The third-order valence-electron chi connectivity index (χ3n) is 2.36. The lowest BCUT2D eigenvalue weighted by Gasteiger charge is -1.93. The standard InChI is InChI=1S/C8H10.C6H7NO/c1-7-5-3-4-6-8(7)2;7-5-3-1-2-4-6(5)8/h3-6H,1-2H3;1-4,8H,7H2. The first-order valence-corrected chi connectivity index (χ1v) is 5.17. The molecule has 0 heterocycles. The normalized spacial score (nSPS) is 9.12. The molecule has 0 aromatic heterocycles. The van der Waals surface area contributed by atoms with E-state index in [-0.39, 0.29) is 5.75 Å². The second-order valence-electron chi connectivity index (χ2n) is 3.64. The first-order valence-electron chi connectivity index (χ1n) is 5.17. The van der Waals surface area contributed by atoms with E-state index in [1.54, 1.807) is 24.3 Å². The van der Waals surface area contributed by atoms with Gasteiger partial charge in [0.05, 0.1) is 5.69 Å². The number of aromatic hydroxyl groups is 1. The molecule has 84 valence electrons. The summed E-state index contributed by atoms with van der Waals surface area (Å²) in [6.07, 6.45) is 0. The average molecular weight is 215 g/mol. The van der Waals surface area contributed by atoms with E-state index in [1.165, 1.54) is 11.1 Å². The number of benzene rings is 2.